The molecule has 3 saturated carbocycles. The molecule has 0 spiro atoms. The molecule has 0 aliphatic heterocycles. The Hall–Kier alpha value is -0.220. The van der Waals surface area contributed by atoms with Crippen LogP contribution in [0.4, 0.5) is 4.39 Å². The molecule has 2 bridgehead atoms. The van der Waals surface area contributed by atoms with Crippen LogP contribution in [0.2, 0.25) is 0 Å². The van der Waals surface area contributed by atoms with Gasteiger partial charge in [-0.05, 0) is 69.5 Å². The average molecular weight is 538 g/mol. The number of hydrogen-bond acceptors (Lipinski definition) is 2. The van der Waals surface area contributed by atoms with Crippen molar-refractivity contribution in [1.29, 1.82) is 0 Å². The number of ether oxygens (including phenoxy) is 1. The average Bonchev–Trinajstić information content (AvgIpc) is 3.09. The van der Waals surface area contributed by atoms with Gasteiger partial charge in [0.05, 0.1) is 12.1 Å². The molecule has 1 aromatic carbocycles. The van der Waals surface area contributed by atoms with Crippen LogP contribution >= 0.6 is 45.2 Å². The number of alkyl halides is 1. The zero-order valence-electron chi connectivity index (χ0n) is 12.5. The van der Waals surface area contributed by atoms with Crippen molar-refractivity contribution in [2.75, 3.05) is 0 Å². The third-order valence-electron chi connectivity index (χ3n) is 5.04. The van der Waals surface area contributed by atoms with E-state index in [-0.39, 0.29) is 11.5 Å². The maximum absolute atomic E-state index is 14.0. The van der Waals surface area contributed by atoms with Gasteiger partial charge in [0.1, 0.15) is 26.0 Å². The van der Waals surface area contributed by atoms with E-state index in [9.17, 15) is 4.39 Å². The summed E-state index contributed by atoms with van der Waals surface area (Å²) in [5, 5.41) is 0. The van der Waals surface area contributed by atoms with Crippen molar-refractivity contribution in [1.82, 2.24) is 9.55 Å². The summed E-state index contributed by atoms with van der Waals surface area (Å²) in [6, 6.07) is 10.1. The minimum atomic E-state index is -0.649. The van der Waals surface area contributed by atoms with Crippen molar-refractivity contribution < 1.29 is 9.13 Å². The Bertz CT molecular complexity index is 713. The lowest BCUT2D eigenvalue weighted by atomic mass is 9.76. The van der Waals surface area contributed by atoms with Gasteiger partial charge < -0.3 is 9.30 Å². The molecule has 23 heavy (non-hydrogen) atoms. The second-order valence-corrected chi connectivity index (χ2v) is 8.58. The lowest BCUT2D eigenvalue weighted by Crippen LogP contribution is -2.40. The van der Waals surface area contributed by atoms with Crippen LogP contribution in [0.3, 0.4) is 0 Å². The van der Waals surface area contributed by atoms with E-state index in [2.05, 4.69) is 66.9 Å². The molecular weight excluding hydrogens is 521 g/mol. The smallest absolute Gasteiger partial charge is 0.137 e. The first kappa shape index (κ1) is 16.3. The van der Waals surface area contributed by atoms with E-state index in [1.807, 2.05) is 18.2 Å². The van der Waals surface area contributed by atoms with E-state index in [4.69, 9.17) is 4.74 Å². The van der Waals surface area contributed by atoms with Crippen LogP contribution in [0, 0.1) is 13.3 Å². The molecule has 0 radical (unpaired) electrons. The minimum Gasteiger partial charge on any atom is -0.369 e. The van der Waals surface area contributed by atoms with Crippen molar-refractivity contribution >= 4 is 45.2 Å². The highest BCUT2D eigenvalue weighted by molar-refractivity contribution is 14.1. The van der Waals surface area contributed by atoms with E-state index < -0.39 is 6.17 Å². The largest absolute Gasteiger partial charge is 0.369 e. The van der Waals surface area contributed by atoms with Crippen LogP contribution in [0.25, 0.3) is 0 Å². The molecule has 0 unspecified atom stereocenters. The predicted molar refractivity (Wildman–Crippen MR) is 103 cm³/mol. The fraction of sp³-hybridized carbons (Fsp3) is 0.471. The molecule has 0 amide bonds. The SMILES string of the molecule is F[C@H]1CC2(n3c(COCc4ccccc4)nc(I)c3I)CC1C2. The highest BCUT2D eigenvalue weighted by Crippen LogP contribution is 2.59. The Balaban J connectivity index is 1.52. The summed E-state index contributed by atoms with van der Waals surface area (Å²) in [5.74, 6) is 1.19. The van der Waals surface area contributed by atoms with Crippen LogP contribution in [0.15, 0.2) is 30.3 Å². The number of nitrogens with zero attached hydrogens (tertiary/aromatic N) is 2. The van der Waals surface area contributed by atoms with Crippen LogP contribution < -0.4 is 0 Å². The molecule has 1 atom stereocenters. The second-order valence-electron chi connectivity index (χ2n) is 6.54. The van der Waals surface area contributed by atoms with Crippen molar-refractivity contribution in [3.8, 4) is 0 Å². The van der Waals surface area contributed by atoms with Crippen LogP contribution in [-0.2, 0) is 23.5 Å². The number of aromatic nitrogens is 2. The summed E-state index contributed by atoms with van der Waals surface area (Å²) in [6.07, 6.45) is 1.88. The highest BCUT2D eigenvalue weighted by atomic mass is 127. The highest BCUT2D eigenvalue weighted by Gasteiger charge is 2.58. The third kappa shape index (κ3) is 2.84. The first-order chi connectivity index (χ1) is 11.1. The Morgan fingerprint density at radius 1 is 1.17 bits per heavy atom. The molecule has 1 heterocycles. The monoisotopic (exact) mass is 538 g/mol. The summed E-state index contributed by atoms with van der Waals surface area (Å²) in [6.45, 7) is 1.04. The van der Waals surface area contributed by atoms with Crippen molar-refractivity contribution in [2.24, 2.45) is 5.92 Å². The van der Waals surface area contributed by atoms with Crippen LogP contribution in [0.5, 0.6) is 0 Å². The normalized spacial score (nSPS) is 28.8. The molecular formula is C17H17FI2N2O. The summed E-state index contributed by atoms with van der Waals surface area (Å²) in [7, 11) is 0. The molecule has 5 rings (SSSR count). The van der Waals surface area contributed by atoms with Gasteiger partial charge in [-0.15, -0.1) is 0 Å². The number of halogens is 3. The van der Waals surface area contributed by atoms with Gasteiger partial charge in [0.15, 0.2) is 0 Å². The summed E-state index contributed by atoms with van der Waals surface area (Å²) >= 11 is 4.60. The molecule has 6 heteroatoms. The second kappa shape index (κ2) is 6.25. The molecule has 1 aromatic heterocycles. The maximum Gasteiger partial charge on any atom is 0.137 e. The molecule has 3 aliphatic rings. The number of hydrogen-bond donors (Lipinski definition) is 0. The van der Waals surface area contributed by atoms with E-state index in [1.165, 1.54) is 0 Å². The molecule has 3 aliphatic carbocycles. The Kier molecular flexibility index (Phi) is 4.42. The first-order valence-corrected chi connectivity index (χ1v) is 9.94. The zero-order chi connectivity index (χ0) is 16.0. The molecule has 122 valence electrons. The van der Waals surface area contributed by atoms with Crippen molar-refractivity contribution in [2.45, 2.75) is 44.2 Å². The number of rotatable bonds is 5. The van der Waals surface area contributed by atoms with E-state index in [0.717, 1.165) is 31.6 Å². The quantitative estimate of drug-likeness (QED) is 0.519. The molecule has 3 fully saturated rings. The Labute approximate surface area is 162 Å². The number of imidazole rings is 1. The number of benzene rings is 1. The number of fused-ring (bicyclic) bond motifs is 1. The molecule has 0 N–H and O–H groups in total. The van der Waals surface area contributed by atoms with Gasteiger partial charge in [-0.2, -0.15) is 0 Å². The van der Waals surface area contributed by atoms with Gasteiger partial charge in [0.25, 0.3) is 0 Å². The minimum absolute atomic E-state index is 0.0531. The predicted octanol–water partition coefficient (Wildman–Crippen LogP) is 4.66. The first-order valence-electron chi connectivity index (χ1n) is 7.78. The lowest BCUT2D eigenvalue weighted by molar-refractivity contribution is 0.0815. The maximum atomic E-state index is 14.0. The van der Waals surface area contributed by atoms with E-state index in [1.54, 1.807) is 0 Å². The summed E-state index contributed by atoms with van der Waals surface area (Å²) in [4.78, 5) is 4.68. The zero-order valence-corrected chi connectivity index (χ0v) is 16.8. The van der Waals surface area contributed by atoms with Gasteiger partial charge >= 0.3 is 0 Å². The van der Waals surface area contributed by atoms with Crippen molar-refractivity contribution in [3.05, 3.63) is 49.1 Å². The van der Waals surface area contributed by atoms with Crippen molar-refractivity contribution in [3.63, 3.8) is 0 Å². The molecule has 2 aromatic rings. The van der Waals surface area contributed by atoms with E-state index >= 15 is 0 Å². The Morgan fingerprint density at radius 3 is 2.57 bits per heavy atom. The summed E-state index contributed by atoms with van der Waals surface area (Å²) in [5.41, 5.74) is 1.10. The van der Waals surface area contributed by atoms with Gasteiger partial charge in [0, 0.05) is 6.42 Å². The standard InChI is InChI=1S/C17H17FI2N2O/c18-13-8-17(6-12(13)7-17)22-14(21-15(19)16(22)20)10-23-9-11-4-2-1-3-5-11/h1-5,12-13H,6-10H2/t12?,13-,17?/m0/s1. The molecule has 3 nitrogen and oxygen atoms in total. The fourth-order valence-corrected chi connectivity index (χ4v) is 5.40. The summed E-state index contributed by atoms with van der Waals surface area (Å²) < 4.78 is 24.2. The third-order valence-corrected chi connectivity index (χ3v) is 7.82. The lowest BCUT2D eigenvalue weighted by Gasteiger charge is -2.40. The van der Waals surface area contributed by atoms with Crippen LogP contribution in [-0.4, -0.2) is 15.7 Å². The Morgan fingerprint density at radius 2 is 1.91 bits per heavy atom. The van der Waals surface area contributed by atoms with Gasteiger partial charge in [-0.25, -0.2) is 9.37 Å². The topological polar surface area (TPSA) is 27.1 Å². The van der Waals surface area contributed by atoms with Crippen LogP contribution in [0.1, 0.15) is 30.7 Å². The van der Waals surface area contributed by atoms with E-state index in [0.29, 0.717) is 19.6 Å². The fourth-order valence-electron chi connectivity index (χ4n) is 3.97. The van der Waals surface area contributed by atoms with Gasteiger partial charge in [-0.3, -0.25) is 0 Å². The van der Waals surface area contributed by atoms with Gasteiger partial charge in [0.2, 0.25) is 0 Å². The van der Waals surface area contributed by atoms with Gasteiger partial charge in [-0.1, -0.05) is 30.3 Å². The molecule has 0 saturated heterocycles.